The van der Waals surface area contributed by atoms with Crippen molar-refractivity contribution in [3.05, 3.63) is 59.1 Å². The van der Waals surface area contributed by atoms with Crippen LogP contribution in [0.4, 0.5) is 11.4 Å². The number of para-hydroxylation sites is 1. The molecule has 2 unspecified atom stereocenters. The molecule has 1 amide bonds. The Hall–Kier alpha value is -2.03. The molecule has 0 spiro atoms. The summed E-state index contributed by atoms with van der Waals surface area (Å²) >= 11 is 7.48. The molecule has 0 saturated carbocycles. The largest absolute Gasteiger partial charge is 0.325 e. The predicted molar refractivity (Wildman–Crippen MR) is 125 cm³/mol. The fourth-order valence-corrected chi connectivity index (χ4v) is 6.78. The van der Waals surface area contributed by atoms with E-state index in [9.17, 15) is 13.2 Å². The molecule has 2 aliphatic rings. The second-order valence-corrected chi connectivity index (χ2v) is 10.9. The Morgan fingerprint density at radius 2 is 2.03 bits per heavy atom. The zero-order valence-corrected chi connectivity index (χ0v) is 18.8. The molecule has 2 aromatic rings. The molecule has 2 aromatic carbocycles. The van der Waals surface area contributed by atoms with Gasteiger partial charge in [0.25, 0.3) is 0 Å². The summed E-state index contributed by atoms with van der Waals surface area (Å²) in [6.07, 6.45) is 0.830. The summed E-state index contributed by atoms with van der Waals surface area (Å²) in [6.45, 7) is 2.04. The lowest BCUT2D eigenvalue weighted by atomic mass is 10.1. The Labute approximate surface area is 185 Å². The number of aryl methyl sites for hydroxylation is 1. The van der Waals surface area contributed by atoms with Crippen molar-refractivity contribution in [3.8, 4) is 0 Å². The maximum absolute atomic E-state index is 12.6. The van der Waals surface area contributed by atoms with Crippen LogP contribution in [-0.2, 0) is 21.1 Å². The minimum atomic E-state index is -3.13. The van der Waals surface area contributed by atoms with Crippen LogP contribution in [0.15, 0.2) is 53.5 Å². The summed E-state index contributed by atoms with van der Waals surface area (Å²) in [5.74, 6) is 0.141. The third-order valence-electron chi connectivity index (χ3n) is 5.20. The highest BCUT2D eigenvalue weighted by atomic mass is 35.5. The minimum Gasteiger partial charge on any atom is -0.325 e. The molecule has 0 radical (unpaired) electrons. The highest BCUT2D eigenvalue weighted by Gasteiger charge is 2.47. The van der Waals surface area contributed by atoms with Gasteiger partial charge in [-0.25, -0.2) is 8.42 Å². The van der Waals surface area contributed by atoms with Crippen LogP contribution in [0.5, 0.6) is 0 Å². The normalized spacial score (nSPS) is 21.9. The summed E-state index contributed by atoms with van der Waals surface area (Å²) < 4.78 is 24.3. The average Bonchev–Trinajstić information content (AvgIpc) is 3.17. The minimum absolute atomic E-state index is 0.0366. The van der Waals surface area contributed by atoms with Gasteiger partial charge in [0.05, 0.1) is 29.3 Å². The number of fused-ring (bicyclic) bond motifs is 1. The molecule has 6 nitrogen and oxygen atoms in total. The van der Waals surface area contributed by atoms with E-state index in [2.05, 4.69) is 10.3 Å². The third-order valence-corrected chi connectivity index (χ3v) is 8.10. The average molecular weight is 464 g/mol. The predicted octanol–water partition coefficient (Wildman–Crippen LogP) is 3.62. The fraction of sp³-hybridized carbons (Fsp3) is 0.333. The summed E-state index contributed by atoms with van der Waals surface area (Å²) in [6, 6.07) is 14.4. The van der Waals surface area contributed by atoms with Crippen LogP contribution >= 0.6 is 23.4 Å². The molecule has 0 bridgehead atoms. The number of halogens is 1. The number of carbonyl (C=O) groups is 1. The van der Waals surface area contributed by atoms with Crippen molar-refractivity contribution in [2.24, 2.45) is 4.99 Å². The quantitative estimate of drug-likeness (QED) is 0.732. The molecule has 1 N–H and O–H groups in total. The number of amidine groups is 1. The number of carbonyl (C=O) groups excluding carboxylic acids is 1. The Balaban J connectivity index is 1.51. The van der Waals surface area contributed by atoms with Crippen molar-refractivity contribution in [2.75, 3.05) is 27.5 Å². The zero-order chi connectivity index (χ0) is 21.3. The van der Waals surface area contributed by atoms with E-state index in [0.717, 1.165) is 23.4 Å². The number of benzene rings is 2. The summed E-state index contributed by atoms with van der Waals surface area (Å²) in [4.78, 5) is 19.1. The number of hydrogen-bond acceptors (Lipinski definition) is 6. The number of nitrogens with one attached hydrogen (secondary N) is 1. The Bertz CT molecular complexity index is 1100. The van der Waals surface area contributed by atoms with E-state index in [1.165, 1.54) is 11.8 Å². The van der Waals surface area contributed by atoms with E-state index < -0.39 is 9.84 Å². The molecule has 0 aromatic heterocycles. The molecule has 30 heavy (non-hydrogen) atoms. The number of rotatable bonds is 5. The van der Waals surface area contributed by atoms with Gasteiger partial charge in [-0.15, -0.1) is 0 Å². The van der Waals surface area contributed by atoms with Gasteiger partial charge in [-0.3, -0.25) is 9.79 Å². The smallest absolute Gasteiger partial charge is 0.234 e. The van der Waals surface area contributed by atoms with E-state index in [-0.39, 0.29) is 35.2 Å². The molecule has 1 fully saturated rings. The summed E-state index contributed by atoms with van der Waals surface area (Å²) in [5.41, 5.74) is 2.68. The van der Waals surface area contributed by atoms with Gasteiger partial charge in [0.2, 0.25) is 5.91 Å². The second kappa shape index (κ2) is 8.61. The van der Waals surface area contributed by atoms with Crippen LogP contribution in [0.3, 0.4) is 0 Å². The Kier molecular flexibility index (Phi) is 6.09. The Morgan fingerprint density at radius 1 is 1.23 bits per heavy atom. The van der Waals surface area contributed by atoms with Gasteiger partial charge in [-0.1, -0.05) is 54.6 Å². The second-order valence-electron chi connectivity index (χ2n) is 7.32. The third kappa shape index (κ3) is 4.50. The maximum atomic E-state index is 12.6. The lowest BCUT2D eigenvalue weighted by Crippen LogP contribution is -2.39. The van der Waals surface area contributed by atoms with Crippen LogP contribution in [0, 0.1) is 0 Å². The van der Waals surface area contributed by atoms with Crippen LogP contribution in [0.1, 0.15) is 12.5 Å². The van der Waals surface area contributed by atoms with Crippen molar-refractivity contribution in [3.63, 3.8) is 0 Å². The van der Waals surface area contributed by atoms with Crippen molar-refractivity contribution in [2.45, 2.75) is 25.4 Å². The number of nitrogens with zero attached hydrogens (tertiary/aromatic N) is 2. The van der Waals surface area contributed by atoms with E-state index in [0.29, 0.717) is 10.2 Å². The molecule has 2 aliphatic heterocycles. The van der Waals surface area contributed by atoms with Crippen LogP contribution < -0.4 is 10.2 Å². The fourth-order valence-electron chi connectivity index (χ4n) is 3.83. The van der Waals surface area contributed by atoms with Gasteiger partial charge >= 0.3 is 0 Å². The molecule has 158 valence electrons. The van der Waals surface area contributed by atoms with Gasteiger partial charge in [-0.05, 0) is 36.2 Å². The SMILES string of the molecule is CCc1ccccc1NC(=O)CSC1=NC2CS(=O)(=O)CC2N1c1cccc(Cl)c1. The van der Waals surface area contributed by atoms with Crippen molar-refractivity contribution in [1.82, 2.24) is 0 Å². The topological polar surface area (TPSA) is 78.8 Å². The maximum Gasteiger partial charge on any atom is 0.234 e. The van der Waals surface area contributed by atoms with Crippen LogP contribution in [0.2, 0.25) is 5.02 Å². The number of amides is 1. The van der Waals surface area contributed by atoms with Crippen molar-refractivity contribution in [1.29, 1.82) is 0 Å². The van der Waals surface area contributed by atoms with Gasteiger partial charge in [0, 0.05) is 16.4 Å². The molecule has 2 heterocycles. The van der Waals surface area contributed by atoms with Crippen molar-refractivity contribution >= 4 is 55.6 Å². The molecule has 9 heteroatoms. The first kappa shape index (κ1) is 21.2. The lowest BCUT2D eigenvalue weighted by Gasteiger charge is -2.26. The van der Waals surface area contributed by atoms with Gasteiger partial charge in [0.15, 0.2) is 15.0 Å². The highest BCUT2D eigenvalue weighted by molar-refractivity contribution is 8.14. The first-order valence-electron chi connectivity index (χ1n) is 9.70. The molecular formula is C21H22ClN3O3S2. The number of anilines is 2. The van der Waals surface area contributed by atoms with Gasteiger partial charge in [-0.2, -0.15) is 0 Å². The van der Waals surface area contributed by atoms with E-state index >= 15 is 0 Å². The summed E-state index contributed by atoms with van der Waals surface area (Å²) in [7, 11) is -3.13. The molecular weight excluding hydrogens is 442 g/mol. The summed E-state index contributed by atoms with van der Waals surface area (Å²) in [5, 5.41) is 4.18. The van der Waals surface area contributed by atoms with E-state index in [1.807, 2.05) is 48.2 Å². The lowest BCUT2D eigenvalue weighted by molar-refractivity contribution is -0.113. The Morgan fingerprint density at radius 3 is 2.80 bits per heavy atom. The molecule has 1 saturated heterocycles. The standard InChI is InChI=1S/C21H22ClN3O3S2/c1-2-14-6-3-4-9-17(14)23-20(26)11-29-21-24-18-12-30(27,28)13-19(18)25(21)16-8-5-7-15(22)10-16/h3-10,18-19H,2,11-13H2,1H3,(H,23,26). The van der Waals surface area contributed by atoms with E-state index in [4.69, 9.17) is 11.6 Å². The monoisotopic (exact) mass is 463 g/mol. The van der Waals surface area contributed by atoms with Gasteiger partial charge in [0.1, 0.15) is 0 Å². The van der Waals surface area contributed by atoms with E-state index in [1.54, 1.807) is 12.1 Å². The first-order chi connectivity index (χ1) is 14.4. The van der Waals surface area contributed by atoms with Crippen LogP contribution in [0.25, 0.3) is 0 Å². The van der Waals surface area contributed by atoms with Crippen molar-refractivity contribution < 1.29 is 13.2 Å². The molecule has 2 atom stereocenters. The molecule has 4 rings (SSSR count). The zero-order valence-electron chi connectivity index (χ0n) is 16.4. The first-order valence-corrected chi connectivity index (χ1v) is 12.9. The molecule has 0 aliphatic carbocycles. The number of sulfone groups is 1. The number of thioether (sulfide) groups is 1. The number of hydrogen-bond donors (Lipinski definition) is 1. The highest BCUT2D eigenvalue weighted by Crippen LogP contribution is 2.36. The van der Waals surface area contributed by atoms with Crippen LogP contribution in [-0.4, -0.2) is 48.8 Å². The van der Waals surface area contributed by atoms with Gasteiger partial charge < -0.3 is 10.2 Å². The number of aliphatic imine (C=N–C) groups is 1.